The molecule has 0 aromatic carbocycles. The smallest absolute Gasteiger partial charge is 0.0717 e. The molecule has 4 nitrogen and oxygen atoms in total. The largest absolute Gasteiger partial charge is 0.392 e. The Balaban J connectivity index is 3.05. The lowest BCUT2D eigenvalue weighted by Gasteiger charge is -2.31. The summed E-state index contributed by atoms with van der Waals surface area (Å²) in [5.74, 6) is 0. The maximum absolute atomic E-state index is 9.37. The molecule has 1 aromatic rings. The van der Waals surface area contributed by atoms with Gasteiger partial charge in [-0.15, -0.1) is 0 Å². The fraction of sp³-hybridized carbons (Fsp3) is 0.615. The van der Waals surface area contributed by atoms with Gasteiger partial charge in [-0.25, -0.2) is 0 Å². The fourth-order valence-electron chi connectivity index (χ4n) is 2.01. The molecule has 0 spiro atoms. The van der Waals surface area contributed by atoms with E-state index in [4.69, 9.17) is 4.74 Å². The van der Waals surface area contributed by atoms with Crippen LogP contribution in [0.25, 0.3) is 0 Å². The Labute approximate surface area is 103 Å². The molecule has 0 radical (unpaired) electrons. The molecule has 1 heterocycles. The monoisotopic (exact) mass is 238 g/mol. The fourth-order valence-corrected chi connectivity index (χ4v) is 2.01. The molecular formula is C13H22N2O2. The van der Waals surface area contributed by atoms with Crippen molar-refractivity contribution in [1.82, 2.24) is 4.98 Å². The number of ether oxygens (including phenoxy) is 1. The summed E-state index contributed by atoms with van der Waals surface area (Å²) in [6.45, 7) is 7.73. The van der Waals surface area contributed by atoms with Gasteiger partial charge < -0.3 is 14.7 Å². The maximum Gasteiger partial charge on any atom is 0.0717 e. The van der Waals surface area contributed by atoms with Crippen LogP contribution in [0.4, 0.5) is 5.69 Å². The summed E-state index contributed by atoms with van der Waals surface area (Å²) in [5.41, 5.74) is 2.87. The van der Waals surface area contributed by atoms with Gasteiger partial charge in [0.1, 0.15) is 0 Å². The first kappa shape index (κ1) is 13.9. The lowest BCUT2D eigenvalue weighted by molar-refractivity contribution is 0.181. The minimum absolute atomic E-state index is 0.0127. The van der Waals surface area contributed by atoms with Gasteiger partial charge in [0, 0.05) is 42.8 Å². The molecule has 0 aliphatic rings. The van der Waals surface area contributed by atoms with Gasteiger partial charge in [-0.1, -0.05) is 0 Å². The topological polar surface area (TPSA) is 45.6 Å². The number of hydrogen-bond donors (Lipinski definition) is 1. The Kier molecular flexibility index (Phi) is 5.38. The number of pyridine rings is 1. The van der Waals surface area contributed by atoms with Crippen molar-refractivity contribution in [1.29, 1.82) is 0 Å². The van der Waals surface area contributed by atoms with Gasteiger partial charge >= 0.3 is 0 Å². The zero-order valence-corrected chi connectivity index (χ0v) is 11.1. The number of aromatic nitrogens is 1. The summed E-state index contributed by atoms with van der Waals surface area (Å²) in [7, 11) is 1.70. The molecule has 1 atom stereocenters. The summed E-state index contributed by atoms with van der Waals surface area (Å²) in [6, 6.07) is 2.29. The Bertz CT molecular complexity index is 355. The third-order valence-corrected chi connectivity index (χ3v) is 2.86. The van der Waals surface area contributed by atoms with Gasteiger partial charge in [-0.05, 0) is 26.8 Å². The van der Waals surface area contributed by atoms with Crippen LogP contribution in [0.3, 0.4) is 0 Å². The third-order valence-electron chi connectivity index (χ3n) is 2.86. The quantitative estimate of drug-likeness (QED) is 0.820. The van der Waals surface area contributed by atoms with Crippen LogP contribution in [0.15, 0.2) is 12.3 Å². The van der Waals surface area contributed by atoms with Crippen molar-refractivity contribution >= 4 is 5.69 Å². The number of rotatable bonds is 6. The average Bonchev–Trinajstić information content (AvgIpc) is 2.31. The summed E-state index contributed by atoms with van der Waals surface area (Å²) in [6.07, 6.45) is 1.74. The summed E-state index contributed by atoms with van der Waals surface area (Å²) in [5, 5.41) is 9.37. The Morgan fingerprint density at radius 1 is 1.53 bits per heavy atom. The Morgan fingerprint density at radius 2 is 2.24 bits per heavy atom. The Hall–Kier alpha value is -1.13. The van der Waals surface area contributed by atoms with E-state index in [-0.39, 0.29) is 12.6 Å². The Morgan fingerprint density at radius 3 is 2.76 bits per heavy atom. The van der Waals surface area contributed by atoms with Gasteiger partial charge in [-0.2, -0.15) is 0 Å². The molecule has 0 aliphatic carbocycles. The second kappa shape index (κ2) is 6.57. The van der Waals surface area contributed by atoms with Gasteiger partial charge in [0.2, 0.25) is 0 Å². The first-order valence-electron chi connectivity index (χ1n) is 5.96. The second-order valence-electron chi connectivity index (χ2n) is 4.20. The van der Waals surface area contributed by atoms with Gasteiger partial charge in [0.05, 0.1) is 13.2 Å². The molecule has 0 saturated heterocycles. The van der Waals surface area contributed by atoms with E-state index in [1.165, 1.54) is 0 Å². The van der Waals surface area contributed by atoms with Crippen molar-refractivity contribution in [3.05, 3.63) is 23.5 Å². The molecule has 96 valence electrons. The van der Waals surface area contributed by atoms with Crippen LogP contribution in [0.1, 0.15) is 25.1 Å². The minimum atomic E-state index is 0.0127. The molecule has 1 aromatic heterocycles. The molecule has 0 saturated carbocycles. The summed E-state index contributed by atoms with van der Waals surface area (Å²) in [4.78, 5) is 6.44. The van der Waals surface area contributed by atoms with Crippen molar-refractivity contribution < 1.29 is 9.84 Å². The number of hydrogen-bond acceptors (Lipinski definition) is 4. The van der Waals surface area contributed by atoms with Gasteiger partial charge in [-0.3, -0.25) is 4.98 Å². The first-order chi connectivity index (χ1) is 8.13. The second-order valence-corrected chi connectivity index (χ2v) is 4.20. The normalized spacial score (nSPS) is 12.5. The number of aryl methyl sites for hydroxylation is 1. The summed E-state index contributed by atoms with van der Waals surface area (Å²) < 4.78 is 5.19. The number of anilines is 1. The molecule has 17 heavy (non-hydrogen) atoms. The van der Waals surface area contributed by atoms with E-state index in [0.29, 0.717) is 6.61 Å². The molecule has 0 fully saturated rings. The maximum atomic E-state index is 9.37. The average molecular weight is 238 g/mol. The van der Waals surface area contributed by atoms with Gasteiger partial charge in [0.15, 0.2) is 0 Å². The van der Waals surface area contributed by atoms with Crippen molar-refractivity contribution in [3.63, 3.8) is 0 Å². The molecule has 1 rings (SSSR count). The lowest BCUT2D eigenvalue weighted by atomic mass is 10.1. The number of aliphatic hydroxyl groups is 1. The molecular weight excluding hydrogens is 216 g/mol. The first-order valence-corrected chi connectivity index (χ1v) is 5.96. The molecule has 0 aliphatic heterocycles. The van der Waals surface area contributed by atoms with E-state index >= 15 is 0 Å². The van der Waals surface area contributed by atoms with Crippen LogP contribution >= 0.6 is 0 Å². The zero-order valence-electron chi connectivity index (χ0n) is 11.1. The predicted molar refractivity (Wildman–Crippen MR) is 69.3 cm³/mol. The number of likely N-dealkylation sites (N-methyl/N-ethyl adjacent to an activating group) is 1. The van der Waals surface area contributed by atoms with E-state index in [2.05, 4.69) is 23.7 Å². The molecule has 4 heteroatoms. The van der Waals surface area contributed by atoms with Crippen LogP contribution in [0.2, 0.25) is 0 Å². The molecule has 1 N–H and O–H groups in total. The van der Waals surface area contributed by atoms with Crippen molar-refractivity contribution in [2.45, 2.75) is 33.4 Å². The number of nitrogens with zero attached hydrogens (tertiary/aromatic N) is 2. The molecule has 0 bridgehead atoms. The van der Waals surface area contributed by atoms with E-state index in [1.54, 1.807) is 13.3 Å². The predicted octanol–water partition coefficient (Wildman–Crippen LogP) is 1.74. The third kappa shape index (κ3) is 3.41. The number of methoxy groups -OCH3 is 1. The van der Waals surface area contributed by atoms with Crippen LogP contribution in [-0.4, -0.2) is 36.4 Å². The number of aliphatic hydroxyl groups excluding tert-OH is 1. The lowest BCUT2D eigenvalue weighted by Crippen LogP contribution is -2.36. The van der Waals surface area contributed by atoms with Gasteiger partial charge in [0.25, 0.3) is 0 Å². The highest BCUT2D eigenvalue weighted by atomic mass is 16.5. The zero-order chi connectivity index (χ0) is 12.8. The van der Waals surface area contributed by atoms with E-state index in [1.807, 2.05) is 13.0 Å². The van der Waals surface area contributed by atoms with Crippen molar-refractivity contribution in [3.8, 4) is 0 Å². The molecule has 1 unspecified atom stereocenters. The molecule has 0 amide bonds. The van der Waals surface area contributed by atoms with Crippen molar-refractivity contribution in [2.24, 2.45) is 0 Å². The minimum Gasteiger partial charge on any atom is -0.392 e. The van der Waals surface area contributed by atoms with Crippen molar-refractivity contribution in [2.75, 3.05) is 25.2 Å². The summed E-state index contributed by atoms with van der Waals surface area (Å²) >= 11 is 0. The van der Waals surface area contributed by atoms with Crippen LogP contribution < -0.4 is 4.90 Å². The highest BCUT2D eigenvalue weighted by molar-refractivity contribution is 5.54. The van der Waals surface area contributed by atoms with E-state index < -0.39 is 0 Å². The standard InChI is InChI=1S/C13H22N2O2/c1-5-15(11(3)9-17-4)13-6-10(2)14-7-12(13)8-16/h6-7,11,16H,5,8-9H2,1-4H3. The van der Waals surface area contributed by atoms with E-state index in [9.17, 15) is 5.11 Å². The van der Waals surface area contributed by atoms with Crippen LogP contribution in [0.5, 0.6) is 0 Å². The van der Waals surface area contributed by atoms with E-state index in [0.717, 1.165) is 23.5 Å². The highest BCUT2D eigenvalue weighted by Gasteiger charge is 2.16. The van der Waals surface area contributed by atoms with Crippen LogP contribution in [0, 0.1) is 6.92 Å². The highest BCUT2D eigenvalue weighted by Crippen LogP contribution is 2.23. The SMILES string of the molecule is CCN(c1cc(C)ncc1CO)C(C)COC. The van der Waals surface area contributed by atoms with Crippen LogP contribution in [-0.2, 0) is 11.3 Å².